The van der Waals surface area contributed by atoms with Gasteiger partial charge in [-0.1, -0.05) is 25.1 Å². The van der Waals surface area contributed by atoms with Crippen LogP contribution in [0.2, 0.25) is 0 Å². The minimum atomic E-state index is -2.27. The van der Waals surface area contributed by atoms with Crippen molar-refractivity contribution in [2.24, 2.45) is 5.92 Å². The molecule has 214 valence electrons. The second-order valence-electron chi connectivity index (χ2n) is 10.6. The maximum Gasteiger partial charge on any atom is 0.251 e. The van der Waals surface area contributed by atoms with Crippen LogP contribution >= 0.6 is 0 Å². The average Bonchev–Trinajstić information content (AvgIpc) is 3.00. The summed E-state index contributed by atoms with van der Waals surface area (Å²) in [6.07, 6.45) is 5.46. The number of fused-ring (bicyclic) bond motifs is 1. The van der Waals surface area contributed by atoms with Crippen LogP contribution in [-0.4, -0.2) is 70.4 Å². The Hall–Kier alpha value is -4.05. The molecule has 41 heavy (non-hydrogen) atoms. The lowest BCUT2D eigenvalue weighted by Gasteiger charge is -2.31. The zero-order valence-corrected chi connectivity index (χ0v) is 23.4. The van der Waals surface area contributed by atoms with Gasteiger partial charge in [0.15, 0.2) is 0 Å². The van der Waals surface area contributed by atoms with Crippen molar-refractivity contribution >= 4 is 22.6 Å². The highest BCUT2D eigenvalue weighted by Crippen LogP contribution is 2.27. The molecule has 1 aromatic carbocycles. The summed E-state index contributed by atoms with van der Waals surface area (Å²) in [5.74, 6) is 1.14. The van der Waals surface area contributed by atoms with E-state index in [2.05, 4.69) is 37.5 Å². The number of nitrogens with zero attached hydrogens (tertiary/aromatic N) is 5. The molecule has 0 unspecified atom stereocenters. The summed E-state index contributed by atoms with van der Waals surface area (Å²) in [6.45, 7) is 4.04. The largest absolute Gasteiger partial charge is 0.369 e. The molecule has 0 radical (unpaired) electrons. The van der Waals surface area contributed by atoms with Crippen molar-refractivity contribution in [3.8, 4) is 11.3 Å². The number of carbonyl (C=O) groups excluding carboxylic acids is 1. The van der Waals surface area contributed by atoms with Gasteiger partial charge in [0.05, 0.1) is 23.3 Å². The highest BCUT2D eigenvalue weighted by Gasteiger charge is 2.22. The third-order valence-electron chi connectivity index (χ3n) is 7.78. The Morgan fingerprint density at radius 2 is 1.90 bits per heavy atom. The molecule has 3 aromatic heterocycles. The summed E-state index contributed by atoms with van der Waals surface area (Å²) >= 11 is 0. The van der Waals surface area contributed by atoms with E-state index in [1.807, 2.05) is 47.5 Å². The van der Waals surface area contributed by atoms with Crippen molar-refractivity contribution in [2.75, 3.05) is 38.5 Å². The van der Waals surface area contributed by atoms with Crippen molar-refractivity contribution in [3.05, 3.63) is 78.0 Å². The van der Waals surface area contributed by atoms with Crippen LogP contribution in [0.1, 0.15) is 47.3 Å². The minimum Gasteiger partial charge on any atom is -0.369 e. The molecule has 10 heteroatoms. The molecular weight excluding hydrogens is 524 g/mol. The van der Waals surface area contributed by atoms with E-state index in [4.69, 9.17) is 0 Å². The lowest BCUT2D eigenvalue weighted by molar-refractivity contribution is 0.0690. The fraction of sp³-hybridized carbons (Fsp3) is 0.387. The van der Waals surface area contributed by atoms with Crippen LogP contribution in [0.15, 0.2) is 61.2 Å². The third kappa shape index (κ3) is 7.00. The number of hydrogen-bond acceptors (Lipinski definition) is 7. The number of rotatable bonds is 10. The molecule has 8 nitrogen and oxygen atoms in total. The molecule has 1 fully saturated rings. The molecule has 4 aromatic rings. The van der Waals surface area contributed by atoms with E-state index in [0.717, 1.165) is 65.8 Å². The van der Waals surface area contributed by atoms with Gasteiger partial charge in [-0.3, -0.25) is 19.7 Å². The first kappa shape index (κ1) is 28.5. The van der Waals surface area contributed by atoms with Crippen molar-refractivity contribution in [1.29, 1.82) is 0 Å². The predicted octanol–water partition coefficient (Wildman–Crippen LogP) is 5.18. The maximum atomic E-state index is 12.6. The molecule has 1 saturated heterocycles. The zero-order chi connectivity index (χ0) is 28.8. The van der Waals surface area contributed by atoms with Crippen molar-refractivity contribution in [1.82, 2.24) is 30.2 Å². The normalized spacial score (nSPS) is 15.2. The zero-order valence-electron chi connectivity index (χ0n) is 23.4. The molecule has 0 aliphatic carbocycles. The van der Waals surface area contributed by atoms with Gasteiger partial charge in [-0.25, -0.2) is 18.7 Å². The van der Waals surface area contributed by atoms with Crippen LogP contribution in [0.3, 0.4) is 0 Å². The Bertz CT molecular complexity index is 1470. The van der Waals surface area contributed by atoms with Gasteiger partial charge in [-0.2, -0.15) is 0 Å². The number of amides is 1. The molecule has 1 atom stereocenters. The molecule has 5 rings (SSSR count). The van der Waals surface area contributed by atoms with Gasteiger partial charge >= 0.3 is 0 Å². The van der Waals surface area contributed by atoms with Crippen LogP contribution in [-0.2, 0) is 6.42 Å². The van der Waals surface area contributed by atoms with E-state index in [-0.39, 0.29) is 18.4 Å². The number of carbonyl (C=O) groups is 1. The lowest BCUT2D eigenvalue weighted by atomic mass is 9.92. The van der Waals surface area contributed by atoms with Crippen LogP contribution in [0.5, 0.6) is 0 Å². The van der Waals surface area contributed by atoms with E-state index in [1.54, 1.807) is 25.6 Å². The summed E-state index contributed by atoms with van der Waals surface area (Å²) in [6, 6.07) is 13.6. The number of nitrogens with one attached hydrogen (secondary N) is 2. The number of aromatic nitrogens is 4. The molecule has 1 aliphatic heterocycles. The van der Waals surface area contributed by atoms with Crippen LogP contribution in [0.25, 0.3) is 22.2 Å². The Morgan fingerprint density at radius 3 is 2.63 bits per heavy atom. The van der Waals surface area contributed by atoms with Crippen molar-refractivity contribution in [2.45, 2.75) is 38.5 Å². The number of hydrogen-bond donors (Lipinski definition) is 2. The summed E-state index contributed by atoms with van der Waals surface area (Å²) in [5.41, 5.74) is 5.15. The SMILES string of the molecule is CNC(=O)c1ccnc2c([C@H](C)CNc3cc(-c4ccc(CC5CCN(CC(F)F)CC5)nc4)ncn3)cccc12. The molecule has 0 bridgehead atoms. The highest BCUT2D eigenvalue weighted by atomic mass is 19.3. The third-order valence-corrected chi connectivity index (χ3v) is 7.78. The average molecular weight is 560 g/mol. The molecule has 0 saturated carbocycles. The molecule has 4 heterocycles. The first-order valence-electron chi connectivity index (χ1n) is 14.0. The number of alkyl halides is 2. The van der Waals surface area contributed by atoms with Crippen LogP contribution < -0.4 is 10.6 Å². The fourth-order valence-corrected chi connectivity index (χ4v) is 5.47. The first-order chi connectivity index (χ1) is 19.9. The van der Waals surface area contributed by atoms with Gasteiger partial charge in [-0.15, -0.1) is 0 Å². The Morgan fingerprint density at radius 1 is 1.07 bits per heavy atom. The van der Waals surface area contributed by atoms with Crippen LogP contribution in [0.4, 0.5) is 14.6 Å². The second-order valence-corrected chi connectivity index (χ2v) is 10.6. The number of para-hydroxylation sites is 1. The van der Waals surface area contributed by atoms with Gasteiger partial charge in [0.1, 0.15) is 12.1 Å². The van der Waals surface area contributed by atoms with Gasteiger partial charge in [0.2, 0.25) is 0 Å². The van der Waals surface area contributed by atoms with Gasteiger partial charge in [0, 0.05) is 54.6 Å². The Balaban J connectivity index is 1.20. The molecule has 1 amide bonds. The van der Waals surface area contributed by atoms with E-state index in [0.29, 0.717) is 23.8 Å². The van der Waals surface area contributed by atoms with E-state index in [1.165, 1.54) is 0 Å². The second kappa shape index (κ2) is 13.1. The molecule has 2 N–H and O–H groups in total. The van der Waals surface area contributed by atoms with Crippen molar-refractivity contribution in [3.63, 3.8) is 0 Å². The lowest BCUT2D eigenvalue weighted by Crippen LogP contribution is -2.37. The fourth-order valence-electron chi connectivity index (χ4n) is 5.47. The maximum absolute atomic E-state index is 12.6. The monoisotopic (exact) mass is 559 g/mol. The van der Waals surface area contributed by atoms with E-state index >= 15 is 0 Å². The quantitative estimate of drug-likeness (QED) is 0.276. The standard InChI is InChI=1S/C31H35F2N7O/c1-20(24-4-3-5-25-26(31(41)34-2)8-11-35-30(24)25)16-37-29-15-27(38-19-39-29)22-6-7-23(36-17-22)14-21-9-12-40(13-10-21)18-28(32)33/h3-8,11,15,17,19-21,28H,9-10,12-14,16,18H2,1-2H3,(H,34,41)(H,37,38,39)/t20-/m1/s1. The number of piperidine rings is 1. The van der Waals surface area contributed by atoms with Gasteiger partial charge < -0.3 is 10.6 Å². The number of anilines is 1. The Labute approximate surface area is 238 Å². The van der Waals surface area contributed by atoms with Crippen LogP contribution in [0, 0.1) is 5.92 Å². The van der Waals surface area contributed by atoms with E-state index in [9.17, 15) is 13.6 Å². The van der Waals surface area contributed by atoms with Gasteiger partial charge in [0.25, 0.3) is 12.3 Å². The topological polar surface area (TPSA) is 95.9 Å². The highest BCUT2D eigenvalue weighted by molar-refractivity contribution is 6.06. The molecular formula is C31H35F2N7O. The summed E-state index contributed by atoms with van der Waals surface area (Å²) in [5, 5.41) is 6.94. The smallest absolute Gasteiger partial charge is 0.251 e. The minimum absolute atomic E-state index is 0.104. The number of pyridine rings is 2. The van der Waals surface area contributed by atoms with E-state index < -0.39 is 6.43 Å². The Kier molecular flexibility index (Phi) is 9.08. The number of benzene rings is 1. The van der Waals surface area contributed by atoms with Gasteiger partial charge in [-0.05, 0) is 62.0 Å². The van der Waals surface area contributed by atoms with Crippen molar-refractivity contribution < 1.29 is 13.6 Å². The summed E-state index contributed by atoms with van der Waals surface area (Å²) < 4.78 is 25.3. The predicted molar refractivity (Wildman–Crippen MR) is 156 cm³/mol. The number of halogens is 2. The summed E-state index contributed by atoms with van der Waals surface area (Å²) in [4.78, 5) is 32.3. The first-order valence-corrected chi connectivity index (χ1v) is 14.0. The summed E-state index contributed by atoms with van der Waals surface area (Å²) in [7, 11) is 1.62. The number of likely N-dealkylation sites (tertiary alicyclic amines) is 1. The molecule has 0 spiro atoms. The molecule has 1 aliphatic rings.